The van der Waals surface area contributed by atoms with Crippen molar-refractivity contribution in [2.75, 3.05) is 19.6 Å². The van der Waals surface area contributed by atoms with Crippen molar-refractivity contribution in [2.45, 2.75) is 32.6 Å². The first-order chi connectivity index (χ1) is 4.77. The zero-order chi connectivity index (χ0) is 7.45. The molecule has 0 aromatic carbocycles. The molecule has 0 aliphatic carbocycles. The van der Waals surface area contributed by atoms with Crippen LogP contribution in [0.15, 0.2) is 0 Å². The zero-order valence-electron chi connectivity index (χ0n) is 7.31. The Labute approximate surface area is 68.5 Å². The Morgan fingerprint density at radius 1 is 1.18 bits per heavy atom. The Morgan fingerprint density at radius 3 is 2.18 bits per heavy atom. The van der Waals surface area contributed by atoms with Gasteiger partial charge < -0.3 is 15.3 Å². The van der Waals surface area contributed by atoms with Gasteiger partial charge >= 0.3 is 0 Å². The van der Waals surface area contributed by atoms with E-state index in [9.17, 15) is 5.21 Å². The average molecular weight is 161 g/mol. The first-order valence-corrected chi connectivity index (χ1v) is 4.34. The van der Waals surface area contributed by atoms with Crippen molar-refractivity contribution < 1.29 is 10.1 Å². The molecule has 0 bridgehead atoms. The fourth-order valence-electron chi connectivity index (χ4n) is 1.72. The lowest BCUT2D eigenvalue weighted by Crippen LogP contribution is -2.46. The lowest BCUT2D eigenvalue weighted by Gasteiger charge is -2.45. The standard InChI is InChI=1S/C8H17NO.H2O/c1-2-6-9(10)7-4-3-5-8-9;/h2-8H2,1H3;1H2. The fourth-order valence-corrected chi connectivity index (χ4v) is 1.72. The van der Waals surface area contributed by atoms with E-state index in [2.05, 4.69) is 6.92 Å². The first-order valence-electron chi connectivity index (χ1n) is 4.34. The Kier molecular flexibility index (Phi) is 4.65. The second-order valence-electron chi connectivity index (χ2n) is 3.29. The molecule has 0 saturated carbocycles. The SMILES string of the molecule is CCC[N+]1([O-])CCCCC1.O. The van der Waals surface area contributed by atoms with E-state index in [0.717, 1.165) is 38.9 Å². The van der Waals surface area contributed by atoms with Crippen LogP contribution < -0.4 is 0 Å². The van der Waals surface area contributed by atoms with Gasteiger partial charge in [-0.25, -0.2) is 0 Å². The lowest BCUT2D eigenvalue weighted by molar-refractivity contribution is -0.885. The number of quaternary nitrogens is 1. The zero-order valence-corrected chi connectivity index (χ0v) is 7.31. The van der Waals surface area contributed by atoms with Crippen molar-refractivity contribution >= 4 is 0 Å². The van der Waals surface area contributed by atoms with Crippen molar-refractivity contribution in [2.24, 2.45) is 0 Å². The lowest BCUT2D eigenvalue weighted by atomic mass is 10.1. The molecule has 68 valence electrons. The van der Waals surface area contributed by atoms with E-state index in [-0.39, 0.29) is 10.1 Å². The predicted molar refractivity (Wildman–Crippen MR) is 46.0 cm³/mol. The van der Waals surface area contributed by atoms with Gasteiger partial charge in [-0.1, -0.05) is 6.92 Å². The summed E-state index contributed by atoms with van der Waals surface area (Å²) in [5, 5.41) is 11.7. The first kappa shape index (κ1) is 10.9. The van der Waals surface area contributed by atoms with Crippen LogP contribution in [0.2, 0.25) is 0 Å². The maximum atomic E-state index is 11.7. The molecule has 0 aromatic heterocycles. The van der Waals surface area contributed by atoms with E-state index in [1.54, 1.807) is 0 Å². The van der Waals surface area contributed by atoms with Gasteiger partial charge in [-0.2, -0.15) is 0 Å². The summed E-state index contributed by atoms with van der Waals surface area (Å²) in [6.45, 7) is 4.66. The van der Waals surface area contributed by atoms with E-state index < -0.39 is 0 Å². The Hall–Kier alpha value is -0.120. The minimum atomic E-state index is 0. The number of hydrogen-bond acceptors (Lipinski definition) is 1. The average Bonchev–Trinajstić information content (AvgIpc) is 1.89. The summed E-state index contributed by atoms with van der Waals surface area (Å²) in [6.07, 6.45) is 4.59. The van der Waals surface area contributed by atoms with Gasteiger partial charge in [0.05, 0.1) is 19.6 Å². The van der Waals surface area contributed by atoms with Crippen LogP contribution in [0.25, 0.3) is 0 Å². The summed E-state index contributed by atoms with van der Waals surface area (Å²) in [4.78, 5) is 0. The van der Waals surface area contributed by atoms with Crippen LogP contribution in [-0.4, -0.2) is 29.8 Å². The van der Waals surface area contributed by atoms with E-state index in [1.807, 2.05) is 0 Å². The highest BCUT2D eigenvalue weighted by Gasteiger charge is 2.18. The maximum absolute atomic E-state index is 11.7. The van der Waals surface area contributed by atoms with Gasteiger partial charge in [0.1, 0.15) is 0 Å². The highest BCUT2D eigenvalue weighted by atomic mass is 16.5. The topological polar surface area (TPSA) is 54.6 Å². The quantitative estimate of drug-likeness (QED) is 0.441. The fraction of sp³-hybridized carbons (Fsp3) is 1.00. The molecule has 2 N–H and O–H groups in total. The van der Waals surface area contributed by atoms with Crippen molar-refractivity contribution in [1.29, 1.82) is 0 Å². The second kappa shape index (κ2) is 4.70. The molecule has 1 fully saturated rings. The number of piperidine rings is 1. The Bertz CT molecular complexity index is 94.8. The molecule has 1 heterocycles. The molecule has 0 amide bonds. The Morgan fingerprint density at radius 2 is 1.73 bits per heavy atom. The monoisotopic (exact) mass is 161 g/mol. The molecule has 1 saturated heterocycles. The normalized spacial score (nSPS) is 22.4. The van der Waals surface area contributed by atoms with Crippen LogP contribution in [0.5, 0.6) is 0 Å². The summed E-state index contributed by atoms with van der Waals surface area (Å²) in [5.41, 5.74) is 0. The molecule has 0 radical (unpaired) electrons. The van der Waals surface area contributed by atoms with Crippen LogP contribution in [-0.2, 0) is 0 Å². The van der Waals surface area contributed by atoms with Gasteiger partial charge in [-0.15, -0.1) is 0 Å². The summed E-state index contributed by atoms with van der Waals surface area (Å²) >= 11 is 0. The molecule has 0 unspecified atom stereocenters. The van der Waals surface area contributed by atoms with Crippen LogP contribution in [0, 0.1) is 5.21 Å². The smallest absolute Gasteiger partial charge is 0.0783 e. The molecule has 0 spiro atoms. The molecule has 0 aromatic rings. The summed E-state index contributed by atoms with van der Waals surface area (Å²) in [7, 11) is 0. The van der Waals surface area contributed by atoms with Crippen LogP contribution in [0.3, 0.4) is 0 Å². The molecule has 11 heavy (non-hydrogen) atoms. The molecular weight excluding hydrogens is 142 g/mol. The van der Waals surface area contributed by atoms with Gasteiger partial charge in [0, 0.05) is 0 Å². The van der Waals surface area contributed by atoms with E-state index in [1.165, 1.54) is 6.42 Å². The molecule has 1 rings (SSSR count). The van der Waals surface area contributed by atoms with Gasteiger partial charge in [0.2, 0.25) is 0 Å². The number of rotatable bonds is 2. The molecule has 1 aliphatic rings. The summed E-state index contributed by atoms with van der Waals surface area (Å²) < 4.78 is 0.0938. The second-order valence-corrected chi connectivity index (χ2v) is 3.29. The van der Waals surface area contributed by atoms with Gasteiger partial charge in [-0.05, 0) is 25.7 Å². The number of nitrogens with zero attached hydrogens (tertiary/aromatic N) is 1. The van der Waals surface area contributed by atoms with Gasteiger partial charge in [0.25, 0.3) is 0 Å². The Balaban J connectivity index is 0.000001000. The third-order valence-corrected chi connectivity index (χ3v) is 2.26. The summed E-state index contributed by atoms with van der Waals surface area (Å²) in [5.74, 6) is 0. The predicted octanol–water partition coefficient (Wildman–Crippen LogP) is 1.07. The van der Waals surface area contributed by atoms with Gasteiger partial charge in [-0.3, -0.25) is 0 Å². The molecular formula is C8H19NO2. The van der Waals surface area contributed by atoms with Crippen molar-refractivity contribution in [3.63, 3.8) is 0 Å². The number of likely N-dealkylation sites (tertiary alicyclic amines) is 1. The summed E-state index contributed by atoms with van der Waals surface area (Å²) in [6, 6.07) is 0. The van der Waals surface area contributed by atoms with Crippen LogP contribution >= 0.6 is 0 Å². The highest BCUT2D eigenvalue weighted by molar-refractivity contribution is 4.53. The van der Waals surface area contributed by atoms with Crippen molar-refractivity contribution in [3.8, 4) is 0 Å². The molecule has 3 heteroatoms. The number of hydroxylamine groups is 3. The minimum Gasteiger partial charge on any atom is -0.633 e. The van der Waals surface area contributed by atoms with Crippen molar-refractivity contribution in [1.82, 2.24) is 0 Å². The van der Waals surface area contributed by atoms with E-state index >= 15 is 0 Å². The molecule has 0 atom stereocenters. The van der Waals surface area contributed by atoms with Crippen molar-refractivity contribution in [3.05, 3.63) is 5.21 Å². The third kappa shape index (κ3) is 3.18. The molecule has 3 nitrogen and oxygen atoms in total. The number of hydrogen-bond donors (Lipinski definition) is 0. The van der Waals surface area contributed by atoms with Crippen LogP contribution in [0.4, 0.5) is 0 Å². The minimum absolute atomic E-state index is 0. The largest absolute Gasteiger partial charge is 0.633 e. The maximum Gasteiger partial charge on any atom is 0.0783 e. The van der Waals surface area contributed by atoms with Crippen LogP contribution in [0.1, 0.15) is 32.6 Å². The van der Waals surface area contributed by atoms with E-state index in [4.69, 9.17) is 0 Å². The van der Waals surface area contributed by atoms with Gasteiger partial charge in [0.15, 0.2) is 0 Å². The molecule has 1 aliphatic heterocycles. The van der Waals surface area contributed by atoms with E-state index in [0.29, 0.717) is 0 Å². The highest BCUT2D eigenvalue weighted by Crippen LogP contribution is 2.17. The third-order valence-electron chi connectivity index (χ3n) is 2.26.